The Labute approximate surface area is 180 Å². The molecule has 0 N–H and O–H groups in total. The third-order valence-corrected chi connectivity index (χ3v) is 5.08. The van der Waals surface area contributed by atoms with Gasteiger partial charge < -0.3 is 9.47 Å². The van der Waals surface area contributed by atoms with Crippen LogP contribution in [0.2, 0.25) is 15.1 Å². The molecule has 9 heteroatoms. The van der Waals surface area contributed by atoms with Crippen molar-refractivity contribution in [1.29, 1.82) is 0 Å². The molecule has 0 atom stereocenters. The molecule has 0 saturated heterocycles. The lowest BCUT2D eigenvalue weighted by atomic mass is 10.1. The molecule has 2 aromatic carbocycles. The number of hydrogen-bond donors (Lipinski definition) is 0. The highest BCUT2D eigenvalue weighted by Crippen LogP contribution is 2.35. The standard InChI is InChI=1S/C20H12Cl3N3O3/c1-28-11-5-7-16(14(23)9-11)29-17-8-6-15-19(20(27)24-10-26(15)25-17)18-12(21)3-2-4-13(18)22/h2-10H,1H3. The third kappa shape index (κ3) is 3.74. The fourth-order valence-corrected chi connectivity index (χ4v) is 3.61. The van der Waals surface area contributed by atoms with Gasteiger partial charge >= 0.3 is 0 Å². The highest BCUT2D eigenvalue weighted by molar-refractivity contribution is 6.39. The molecule has 2 heterocycles. The number of methoxy groups -OCH3 is 1. The van der Waals surface area contributed by atoms with Crippen LogP contribution in [0.4, 0.5) is 0 Å². The van der Waals surface area contributed by atoms with E-state index in [9.17, 15) is 4.79 Å². The monoisotopic (exact) mass is 447 g/mol. The summed E-state index contributed by atoms with van der Waals surface area (Å²) in [6, 6.07) is 13.3. The van der Waals surface area contributed by atoms with Crippen LogP contribution in [-0.4, -0.2) is 21.7 Å². The van der Waals surface area contributed by atoms with Gasteiger partial charge in [-0.1, -0.05) is 40.9 Å². The summed E-state index contributed by atoms with van der Waals surface area (Å²) in [7, 11) is 1.55. The Kier molecular flexibility index (Phi) is 5.32. The van der Waals surface area contributed by atoms with E-state index in [0.717, 1.165) is 0 Å². The molecule has 0 unspecified atom stereocenters. The minimum absolute atomic E-state index is 0.254. The normalized spacial score (nSPS) is 10.9. The molecule has 0 saturated carbocycles. The van der Waals surface area contributed by atoms with Gasteiger partial charge in [0.05, 0.1) is 33.3 Å². The first-order chi connectivity index (χ1) is 14.0. The van der Waals surface area contributed by atoms with Gasteiger partial charge in [-0.15, -0.1) is 5.10 Å². The smallest absolute Gasteiger partial charge is 0.281 e. The molecule has 6 nitrogen and oxygen atoms in total. The van der Waals surface area contributed by atoms with Crippen LogP contribution in [0, 0.1) is 0 Å². The van der Waals surface area contributed by atoms with E-state index in [1.54, 1.807) is 55.6 Å². The number of nitrogens with zero attached hydrogens (tertiary/aromatic N) is 3. The molecule has 0 aliphatic carbocycles. The summed E-state index contributed by atoms with van der Waals surface area (Å²) in [4.78, 5) is 16.4. The molecule has 0 amide bonds. The second-order valence-electron chi connectivity index (χ2n) is 5.92. The number of rotatable bonds is 4. The van der Waals surface area contributed by atoms with E-state index < -0.39 is 5.56 Å². The van der Waals surface area contributed by atoms with Gasteiger partial charge in [-0.2, -0.15) is 4.98 Å². The van der Waals surface area contributed by atoms with Crippen molar-refractivity contribution in [2.75, 3.05) is 7.11 Å². The Morgan fingerprint density at radius 2 is 1.69 bits per heavy atom. The van der Waals surface area contributed by atoms with Crippen LogP contribution in [0.1, 0.15) is 0 Å². The molecule has 0 bridgehead atoms. The Bertz CT molecular complexity index is 1270. The zero-order valence-electron chi connectivity index (χ0n) is 14.9. The lowest BCUT2D eigenvalue weighted by Gasteiger charge is -2.12. The minimum atomic E-state index is -0.464. The van der Waals surface area contributed by atoms with Crippen molar-refractivity contribution in [2.45, 2.75) is 0 Å². The number of aromatic nitrogens is 3. The maximum Gasteiger partial charge on any atom is 0.281 e. The second kappa shape index (κ2) is 7.91. The molecule has 4 aromatic rings. The minimum Gasteiger partial charge on any atom is -0.497 e. The Hall–Kier alpha value is -2.80. The molecule has 4 rings (SSSR count). The van der Waals surface area contributed by atoms with Crippen molar-refractivity contribution in [2.24, 2.45) is 0 Å². The number of hydrogen-bond acceptors (Lipinski definition) is 5. The van der Waals surface area contributed by atoms with Gasteiger partial charge in [0, 0.05) is 17.7 Å². The van der Waals surface area contributed by atoms with Gasteiger partial charge in [0.2, 0.25) is 5.88 Å². The number of benzene rings is 2. The molecule has 0 aliphatic heterocycles. The summed E-state index contributed by atoms with van der Waals surface area (Å²) in [5.41, 5.74) is 0.673. The zero-order chi connectivity index (χ0) is 20.5. The number of halogens is 3. The van der Waals surface area contributed by atoms with Crippen LogP contribution in [0.15, 0.2) is 59.7 Å². The van der Waals surface area contributed by atoms with E-state index in [4.69, 9.17) is 44.3 Å². The summed E-state index contributed by atoms with van der Waals surface area (Å²) in [6.45, 7) is 0. The number of ether oxygens (including phenoxy) is 2. The van der Waals surface area contributed by atoms with E-state index in [0.29, 0.717) is 37.6 Å². The highest BCUT2D eigenvalue weighted by Gasteiger charge is 2.17. The molecule has 0 aliphatic rings. The second-order valence-corrected chi connectivity index (χ2v) is 7.14. The molecule has 29 heavy (non-hydrogen) atoms. The summed E-state index contributed by atoms with van der Waals surface area (Å²) in [6.07, 6.45) is 1.30. The van der Waals surface area contributed by atoms with Crippen molar-refractivity contribution in [3.05, 3.63) is 80.3 Å². The van der Waals surface area contributed by atoms with Crippen LogP contribution in [0.25, 0.3) is 16.6 Å². The maximum atomic E-state index is 12.5. The number of fused-ring (bicyclic) bond motifs is 1. The molecule has 2 aromatic heterocycles. The van der Waals surface area contributed by atoms with Crippen LogP contribution in [-0.2, 0) is 0 Å². The average Bonchev–Trinajstić information content (AvgIpc) is 2.71. The molecule has 146 valence electrons. The summed E-state index contributed by atoms with van der Waals surface area (Å²) in [5, 5.41) is 5.41. The fraction of sp³-hybridized carbons (Fsp3) is 0.0500. The summed E-state index contributed by atoms with van der Waals surface area (Å²) < 4.78 is 12.3. The first-order valence-electron chi connectivity index (χ1n) is 8.32. The van der Waals surface area contributed by atoms with Crippen molar-refractivity contribution in [1.82, 2.24) is 14.6 Å². The predicted octanol–water partition coefficient (Wildman–Crippen LogP) is 5.52. The topological polar surface area (TPSA) is 65.7 Å². The Morgan fingerprint density at radius 3 is 2.38 bits per heavy atom. The van der Waals surface area contributed by atoms with Gasteiger partial charge in [0.25, 0.3) is 5.56 Å². The van der Waals surface area contributed by atoms with Crippen LogP contribution in [0.3, 0.4) is 0 Å². The lowest BCUT2D eigenvalue weighted by molar-refractivity contribution is 0.411. The fourth-order valence-electron chi connectivity index (χ4n) is 2.82. The molecular weight excluding hydrogens is 437 g/mol. The first-order valence-corrected chi connectivity index (χ1v) is 9.46. The first kappa shape index (κ1) is 19.5. The van der Waals surface area contributed by atoms with Gasteiger partial charge in [-0.25, -0.2) is 4.52 Å². The van der Waals surface area contributed by atoms with Crippen molar-refractivity contribution >= 4 is 40.3 Å². The predicted molar refractivity (Wildman–Crippen MR) is 113 cm³/mol. The van der Waals surface area contributed by atoms with Gasteiger partial charge in [0.1, 0.15) is 17.8 Å². The van der Waals surface area contributed by atoms with Gasteiger partial charge in [-0.05, 0) is 30.3 Å². The van der Waals surface area contributed by atoms with E-state index in [-0.39, 0.29) is 11.4 Å². The summed E-state index contributed by atoms with van der Waals surface area (Å²) in [5.74, 6) is 1.27. The van der Waals surface area contributed by atoms with Crippen molar-refractivity contribution in [3.63, 3.8) is 0 Å². The molecule has 0 radical (unpaired) electrons. The van der Waals surface area contributed by atoms with Gasteiger partial charge in [-0.3, -0.25) is 4.79 Å². The van der Waals surface area contributed by atoms with E-state index in [2.05, 4.69) is 10.1 Å². The van der Waals surface area contributed by atoms with E-state index in [1.807, 2.05) is 0 Å². The zero-order valence-corrected chi connectivity index (χ0v) is 17.2. The SMILES string of the molecule is COc1ccc(Oc2ccc3c(-c4c(Cl)cccc4Cl)c(=O)ncn3n2)c(Cl)c1. The van der Waals surface area contributed by atoms with Crippen LogP contribution < -0.4 is 15.0 Å². The van der Waals surface area contributed by atoms with Crippen LogP contribution >= 0.6 is 34.8 Å². The van der Waals surface area contributed by atoms with E-state index in [1.165, 1.54) is 10.8 Å². The maximum absolute atomic E-state index is 12.5. The summed E-state index contributed by atoms with van der Waals surface area (Å²) >= 11 is 18.8. The lowest BCUT2D eigenvalue weighted by Crippen LogP contribution is -2.14. The quantitative estimate of drug-likeness (QED) is 0.411. The van der Waals surface area contributed by atoms with Crippen molar-refractivity contribution < 1.29 is 9.47 Å². The largest absolute Gasteiger partial charge is 0.497 e. The highest BCUT2D eigenvalue weighted by atomic mass is 35.5. The average molecular weight is 449 g/mol. The molecule has 0 fully saturated rings. The van der Waals surface area contributed by atoms with Gasteiger partial charge in [0.15, 0.2) is 0 Å². The Balaban J connectivity index is 1.81. The molecule has 0 spiro atoms. The Morgan fingerprint density at radius 1 is 0.931 bits per heavy atom. The van der Waals surface area contributed by atoms with Crippen LogP contribution in [0.5, 0.6) is 17.4 Å². The van der Waals surface area contributed by atoms with Crippen molar-refractivity contribution in [3.8, 4) is 28.5 Å². The third-order valence-electron chi connectivity index (χ3n) is 4.16. The molecular formula is C20H12Cl3N3O3. The van der Waals surface area contributed by atoms with E-state index >= 15 is 0 Å².